The highest BCUT2D eigenvalue weighted by molar-refractivity contribution is 6.30. The van der Waals surface area contributed by atoms with Crippen molar-refractivity contribution in [2.24, 2.45) is 0 Å². The van der Waals surface area contributed by atoms with Crippen LogP contribution in [-0.4, -0.2) is 11.8 Å². The average Bonchev–Trinajstić information content (AvgIpc) is 2.72. The van der Waals surface area contributed by atoms with Gasteiger partial charge in [-0.2, -0.15) is 5.26 Å². The van der Waals surface area contributed by atoms with Gasteiger partial charge in [-0.1, -0.05) is 35.9 Å². The van der Waals surface area contributed by atoms with Crippen LogP contribution < -0.4 is 10.6 Å². The molecule has 0 atom stereocenters. The first-order chi connectivity index (χ1) is 14.4. The Morgan fingerprint density at radius 3 is 2.27 bits per heavy atom. The zero-order valence-corrected chi connectivity index (χ0v) is 16.9. The summed E-state index contributed by atoms with van der Waals surface area (Å²) in [5.41, 5.74) is 3.19. The molecule has 2 amide bonds. The molecular formula is C24H18ClN3O2. The molecule has 3 rings (SSSR count). The second-order valence-electron chi connectivity index (χ2n) is 6.58. The van der Waals surface area contributed by atoms with Crippen LogP contribution in [0.5, 0.6) is 0 Å². The van der Waals surface area contributed by atoms with Gasteiger partial charge in [0.15, 0.2) is 0 Å². The van der Waals surface area contributed by atoms with E-state index in [4.69, 9.17) is 11.6 Å². The van der Waals surface area contributed by atoms with E-state index in [2.05, 4.69) is 10.6 Å². The van der Waals surface area contributed by atoms with Crippen LogP contribution in [0.3, 0.4) is 0 Å². The average molecular weight is 416 g/mol. The van der Waals surface area contributed by atoms with Gasteiger partial charge in [-0.15, -0.1) is 0 Å². The third-order valence-corrected chi connectivity index (χ3v) is 4.45. The highest BCUT2D eigenvalue weighted by Crippen LogP contribution is 2.17. The minimum absolute atomic E-state index is 0.0438. The molecule has 0 bridgehead atoms. The highest BCUT2D eigenvalue weighted by Gasteiger charge is 2.11. The van der Waals surface area contributed by atoms with Crippen LogP contribution in [0.25, 0.3) is 6.08 Å². The van der Waals surface area contributed by atoms with Gasteiger partial charge in [0.2, 0.25) is 0 Å². The van der Waals surface area contributed by atoms with E-state index >= 15 is 0 Å². The lowest BCUT2D eigenvalue weighted by atomic mass is 10.1. The van der Waals surface area contributed by atoms with Crippen LogP contribution in [0.1, 0.15) is 21.5 Å². The Morgan fingerprint density at radius 1 is 0.933 bits per heavy atom. The van der Waals surface area contributed by atoms with Crippen LogP contribution in [-0.2, 0) is 4.79 Å². The third kappa shape index (κ3) is 5.57. The van der Waals surface area contributed by atoms with Crippen molar-refractivity contribution in [3.05, 3.63) is 100 Å². The maximum absolute atomic E-state index is 12.5. The molecule has 0 spiro atoms. The second-order valence-corrected chi connectivity index (χ2v) is 7.02. The SMILES string of the molecule is Cc1cccc(NC(=O)/C(C#N)=C/c2cccc(NC(=O)c3ccc(Cl)cc3)c2)c1. The molecule has 6 heteroatoms. The quantitative estimate of drug-likeness (QED) is 0.429. The number of anilines is 2. The number of nitriles is 1. The first kappa shape index (κ1) is 20.8. The first-order valence-electron chi connectivity index (χ1n) is 9.11. The first-order valence-corrected chi connectivity index (χ1v) is 9.49. The molecular weight excluding hydrogens is 398 g/mol. The molecule has 0 radical (unpaired) electrons. The van der Waals surface area contributed by atoms with E-state index in [1.807, 2.05) is 31.2 Å². The number of amides is 2. The molecule has 0 unspecified atom stereocenters. The molecule has 0 heterocycles. The zero-order chi connectivity index (χ0) is 21.5. The monoisotopic (exact) mass is 415 g/mol. The maximum atomic E-state index is 12.5. The van der Waals surface area contributed by atoms with Crippen molar-refractivity contribution in [3.63, 3.8) is 0 Å². The Bertz CT molecular complexity index is 1160. The van der Waals surface area contributed by atoms with Crippen molar-refractivity contribution in [2.75, 3.05) is 10.6 Å². The number of hydrogen-bond donors (Lipinski definition) is 2. The molecule has 0 saturated heterocycles. The minimum atomic E-state index is -0.501. The fourth-order valence-corrected chi connectivity index (χ4v) is 2.87. The van der Waals surface area contributed by atoms with Crippen LogP contribution >= 0.6 is 11.6 Å². The van der Waals surface area contributed by atoms with Gasteiger partial charge in [-0.3, -0.25) is 9.59 Å². The van der Waals surface area contributed by atoms with Crippen LogP contribution in [0.4, 0.5) is 11.4 Å². The van der Waals surface area contributed by atoms with Gasteiger partial charge in [0.1, 0.15) is 11.6 Å². The number of carbonyl (C=O) groups is 2. The predicted octanol–water partition coefficient (Wildman–Crippen LogP) is 5.45. The van der Waals surface area contributed by atoms with Gasteiger partial charge in [-0.05, 0) is 72.7 Å². The van der Waals surface area contributed by atoms with Crippen molar-refractivity contribution < 1.29 is 9.59 Å². The van der Waals surface area contributed by atoms with Gasteiger partial charge in [0.05, 0.1) is 0 Å². The number of carbonyl (C=O) groups excluding carboxylic acids is 2. The Kier molecular flexibility index (Phi) is 6.63. The molecule has 148 valence electrons. The lowest BCUT2D eigenvalue weighted by molar-refractivity contribution is -0.112. The summed E-state index contributed by atoms with van der Waals surface area (Å²) in [5.74, 6) is -0.788. The lowest BCUT2D eigenvalue weighted by Gasteiger charge is -2.07. The summed E-state index contributed by atoms with van der Waals surface area (Å²) in [5, 5.41) is 15.5. The molecule has 3 aromatic rings. The van der Waals surface area contributed by atoms with Gasteiger partial charge in [-0.25, -0.2) is 0 Å². The summed E-state index contributed by atoms with van der Waals surface area (Å²) < 4.78 is 0. The minimum Gasteiger partial charge on any atom is -0.322 e. The molecule has 0 saturated carbocycles. The van der Waals surface area contributed by atoms with Crippen molar-refractivity contribution >= 4 is 40.9 Å². The lowest BCUT2D eigenvalue weighted by Crippen LogP contribution is -2.13. The van der Waals surface area contributed by atoms with Gasteiger partial charge < -0.3 is 10.6 Å². The third-order valence-electron chi connectivity index (χ3n) is 4.20. The van der Waals surface area contributed by atoms with E-state index < -0.39 is 5.91 Å². The fourth-order valence-electron chi connectivity index (χ4n) is 2.75. The summed E-state index contributed by atoms with van der Waals surface area (Å²) >= 11 is 5.85. The molecule has 0 aliphatic carbocycles. The number of aryl methyl sites for hydroxylation is 1. The largest absolute Gasteiger partial charge is 0.322 e. The molecule has 30 heavy (non-hydrogen) atoms. The van der Waals surface area contributed by atoms with Crippen LogP contribution in [0, 0.1) is 18.3 Å². The number of halogens is 1. The van der Waals surface area contributed by atoms with Gasteiger partial charge in [0, 0.05) is 22.0 Å². The van der Waals surface area contributed by atoms with E-state index in [0.717, 1.165) is 5.56 Å². The normalized spacial score (nSPS) is 10.8. The molecule has 5 nitrogen and oxygen atoms in total. The standard InChI is InChI=1S/C24H18ClN3O2/c1-16-4-2-6-21(12-16)27-24(30)19(15-26)13-17-5-3-7-22(14-17)28-23(29)18-8-10-20(25)11-9-18/h2-14H,1H3,(H,27,30)(H,28,29)/b19-13+. The predicted molar refractivity (Wildman–Crippen MR) is 119 cm³/mol. The maximum Gasteiger partial charge on any atom is 0.266 e. The van der Waals surface area contributed by atoms with E-state index in [-0.39, 0.29) is 11.5 Å². The summed E-state index contributed by atoms with van der Waals surface area (Å²) in [6.45, 7) is 1.92. The summed E-state index contributed by atoms with van der Waals surface area (Å²) in [7, 11) is 0. The topological polar surface area (TPSA) is 82.0 Å². The van der Waals surface area contributed by atoms with E-state index in [0.29, 0.717) is 27.5 Å². The van der Waals surface area contributed by atoms with Gasteiger partial charge in [0.25, 0.3) is 11.8 Å². The molecule has 0 aromatic heterocycles. The summed E-state index contributed by atoms with van der Waals surface area (Å²) in [4.78, 5) is 24.8. The van der Waals surface area contributed by atoms with Crippen LogP contribution in [0.2, 0.25) is 5.02 Å². The number of benzene rings is 3. The van der Waals surface area contributed by atoms with Crippen molar-refractivity contribution in [2.45, 2.75) is 6.92 Å². The molecule has 2 N–H and O–H groups in total. The van der Waals surface area contributed by atoms with Crippen molar-refractivity contribution in [1.29, 1.82) is 5.26 Å². The molecule has 0 aliphatic heterocycles. The van der Waals surface area contributed by atoms with Crippen molar-refractivity contribution in [3.8, 4) is 6.07 Å². The van der Waals surface area contributed by atoms with Crippen molar-refractivity contribution in [1.82, 2.24) is 0 Å². The fraction of sp³-hybridized carbons (Fsp3) is 0.0417. The molecule has 3 aromatic carbocycles. The highest BCUT2D eigenvalue weighted by atomic mass is 35.5. The zero-order valence-electron chi connectivity index (χ0n) is 16.1. The molecule has 0 aliphatic rings. The van der Waals surface area contributed by atoms with E-state index in [1.54, 1.807) is 54.6 Å². The Morgan fingerprint density at radius 2 is 1.60 bits per heavy atom. The smallest absolute Gasteiger partial charge is 0.266 e. The number of nitrogens with zero attached hydrogens (tertiary/aromatic N) is 1. The second kappa shape index (κ2) is 9.55. The summed E-state index contributed by atoms with van der Waals surface area (Å²) in [6.07, 6.45) is 1.48. The Balaban J connectivity index is 1.75. The van der Waals surface area contributed by atoms with Crippen LogP contribution in [0.15, 0.2) is 78.4 Å². The number of hydrogen-bond acceptors (Lipinski definition) is 3. The Hall–Kier alpha value is -3.88. The van der Waals surface area contributed by atoms with Gasteiger partial charge >= 0.3 is 0 Å². The van der Waals surface area contributed by atoms with E-state index in [1.165, 1.54) is 6.08 Å². The Labute approximate surface area is 179 Å². The number of nitrogens with one attached hydrogen (secondary N) is 2. The number of rotatable bonds is 5. The summed E-state index contributed by atoms with van der Waals surface area (Å²) in [6, 6.07) is 22.7. The molecule has 0 fully saturated rings. The van der Waals surface area contributed by atoms with E-state index in [9.17, 15) is 14.9 Å².